The largest absolute Gasteiger partial charge is 0.493 e. The number of ether oxygens (including phenoxy) is 2. The van der Waals surface area contributed by atoms with Crippen molar-refractivity contribution in [3.05, 3.63) is 53.6 Å². The third-order valence-electron chi connectivity index (χ3n) is 5.04. The molecule has 1 heterocycles. The zero-order valence-corrected chi connectivity index (χ0v) is 17.0. The lowest BCUT2D eigenvalue weighted by Gasteiger charge is -2.36. The summed E-state index contributed by atoms with van der Waals surface area (Å²) in [7, 11) is 3.09. The van der Waals surface area contributed by atoms with Crippen LogP contribution in [-0.2, 0) is 4.79 Å². The molecule has 1 aliphatic rings. The molecule has 2 aromatic rings. The van der Waals surface area contributed by atoms with Gasteiger partial charge < -0.3 is 30.1 Å². The number of amides is 1. The molecule has 2 aromatic carbocycles. The van der Waals surface area contributed by atoms with Gasteiger partial charge in [-0.3, -0.25) is 4.79 Å². The van der Waals surface area contributed by atoms with Crippen LogP contribution in [0.15, 0.2) is 42.5 Å². The number of piperazine rings is 1. The number of aliphatic carboxylic acids is 1. The average molecular weight is 411 g/mol. The monoisotopic (exact) mass is 411 g/mol. The minimum absolute atomic E-state index is 0.0574. The summed E-state index contributed by atoms with van der Waals surface area (Å²) in [4.78, 5) is 27.6. The third kappa shape index (κ3) is 4.65. The molecule has 3 rings (SSSR count). The van der Waals surface area contributed by atoms with Crippen molar-refractivity contribution in [3.8, 4) is 11.5 Å². The van der Waals surface area contributed by atoms with Crippen LogP contribution >= 0.6 is 0 Å². The molecule has 1 fully saturated rings. The number of benzene rings is 2. The van der Waals surface area contributed by atoms with Crippen molar-refractivity contribution < 1.29 is 24.2 Å². The molecule has 0 unspecified atom stereocenters. The number of hydrogen-bond acceptors (Lipinski definition) is 6. The Labute approximate surface area is 175 Å². The highest BCUT2D eigenvalue weighted by Gasteiger charge is 2.23. The Hall–Kier alpha value is -3.68. The average Bonchev–Trinajstić information content (AvgIpc) is 2.77. The number of rotatable bonds is 6. The summed E-state index contributed by atoms with van der Waals surface area (Å²) < 4.78 is 10.5. The molecule has 1 aliphatic heterocycles. The van der Waals surface area contributed by atoms with Gasteiger partial charge in [-0.2, -0.15) is 0 Å². The van der Waals surface area contributed by atoms with Crippen molar-refractivity contribution in [2.24, 2.45) is 0 Å². The first kappa shape index (κ1) is 21.0. The first-order valence-electron chi connectivity index (χ1n) is 9.49. The summed E-state index contributed by atoms with van der Waals surface area (Å²) in [5.74, 6) is 0.0147. The molecular weight excluding hydrogens is 386 g/mol. The van der Waals surface area contributed by atoms with Gasteiger partial charge in [0.1, 0.15) is 0 Å². The van der Waals surface area contributed by atoms with Crippen LogP contribution in [0, 0.1) is 0 Å². The molecule has 0 saturated carbocycles. The third-order valence-corrected chi connectivity index (χ3v) is 5.04. The topological polar surface area (TPSA) is 105 Å². The molecule has 158 valence electrons. The fourth-order valence-electron chi connectivity index (χ4n) is 3.38. The fourth-order valence-corrected chi connectivity index (χ4v) is 3.38. The van der Waals surface area contributed by atoms with E-state index >= 15 is 0 Å². The van der Waals surface area contributed by atoms with Crippen molar-refractivity contribution in [3.63, 3.8) is 0 Å². The van der Waals surface area contributed by atoms with E-state index < -0.39 is 5.97 Å². The van der Waals surface area contributed by atoms with Crippen molar-refractivity contribution in [2.75, 3.05) is 51.0 Å². The predicted molar refractivity (Wildman–Crippen MR) is 115 cm³/mol. The maximum atomic E-state index is 12.9. The molecule has 30 heavy (non-hydrogen) atoms. The standard InChI is InChI=1S/C22H25N3O5/c1-29-19-7-3-16(14-20(19)30-2)22(28)25-11-9-24(10-12-25)17-5-6-18(23)15(13-17)4-8-21(26)27/h3-8,13-14H,9-12,23H2,1-2H3,(H,26,27). The number of methoxy groups -OCH3 is 2. The van der Waals surface area contributed by atoms with Crippen LogP contribution in [0.4, 0.5) is 11.4 Å². The van der Waals surface area contributed by atoms with Gasteiger partial charge >= 0.3 is 5.97 Å². The number of nitrogen functional groups attached to an aromatic ring is 1. The second-order valence-corrected chi connectivity index (χ2v) is 6.83. The molecule has 0 spiro atoms. The highest BCUT2D eigenvalue weighted by atomic mass is 16.5. The Morgan fingerprint density at radius 1 is 1.00 bits per heavy atom. The summed E-state index contributed by atoms with van der Waals surface area (Å²) in [6.45, 7) is 2.45. The second-order valence-electron chi connectivity index (χ2n) is 6.83. The normalized spacial score (nSPS) is 14.1. The first-order valence-corrected chi connectivity index (χ1v) is 9.49. The van der Waals surface area contributed by atoms with E-state index in [0.717, 1.165) is 11.8 Å². The smallest absolute Gasteiger partial charge is 0.328 e. The maximum Gasteiger partial charge on any atom is 0.328 e. The van der Waals surface area contributed by atoms with Gasteiger partial charge in [-0.1, -0.05) is 0 Å². The molecule has 1 saturated heterocycles. The van der Waals surface area contributed by atoms with Gasteiger partial charge in [0.25, 0.3) is 5.91 Å². The van der Waals surface area contributed by atoms with Crippen molar-refractivity contribution in [1.82, 2.24) is 4.90 Å². The molecule has 8 nitrogen and oxygen atoms in total. The van der Waals surface area contributed by atoms with E-state index in [1.165, 1.54) is 13.2 Å². The lowest BCUT2D eigenvalue weighted by molar-refractivity contribution is -0.131. The summed E-state index contributed by atoms with van der Waals surface area (Å²) >= 11 is 0. The van der Waals surface area contributed by atoms with E-state index in [1.54, 1.807) is 36.3 Å². The number of carboxylic acid groups (broad SMARTS) is 1. The molecule has 0 bridgehead atoms. The highest BCUT2D eigenvalue weighted by Crippen LogP contribution is 2.29. The van der Waals surface area contributed by atoms with E-state index in [4.69, 9.17) is 20.3 Å². The zero-order valence-electron chi connectivity index (χ0n) is 17.0. The number of nitrogens with zero attached hydrogens (tertiary/aromatic N) is 2. The predicted octanol–water partition coefficient (Wildman–Crippen LogP) is 2.35. The number of carboxylic acids is 1. The number of nitrogens with two attached hydrogens (primary N) is 1. The summed E-state index contributed by atoms with van der Waals surface area (Å²) in [5.41, 5.74) is 8.59. The Balaban J connectivity index is 1.68. The quantitative estimate of drug-likeness (QED) is 0.555. The van der Waals surface area contributed by atoms with E-state index in [-0.39, 0.29) is 5.91 Å². The van der Waals surface area contributed by atoms with Crippen molar-refractivity contribution >= 4 is 29.3 Å². The number of anilines is 2. The van der Waals surface area contributed by atoms with E-state index in [0.29, 0.717) is 54.5 Å². The van der Waals surface area contributed by atoms with E-state index in [2.05, 4.69) is 4.90 Å². The Morgan fingerprint density at radius 3 is 2.33 bits per heavy atom. The molecule has 3 N–H and O–H groups in total. The summed E-state index contributed by atoms with van der Waals surface area (Å²) in [6, 6.07) is 10.7. The molecule has 0 aliphatic carbocycles. The van der Waals surface area contributed by atoms with Crippen LogP contribution in [0.5, 0.6) is 11.5 Å². The highest BCUT2D eigenvalue weighted by molar-refractivity contribution is 5.95. The van der Waals surface area contributed by atoms with Gasteiger partial charge in [-0.25, -0.2) is 4.79 Å². The minimum Gasteiger partial charge on any atom is -0.493 e. The Morgan fingerprint density at radius 2 is 1.70 bits per heavy atom. The molecule has 0 atom stereocenters. The SMILES string of the molecule is COc1ccc(C(=O)N2CCN(c3ccc(N)c(C=CC(=O)O)c3)CC2)cc1OC. The minimum atomic E-state index is -1.03. The van der Waals surface area contributed by atoms with Gasteiger partial charge in [0.2, 0.25) is 0 Å². The molecular formula is C22H25N3O5. The zero-order chi connectivity index (χ0) is 21.7. The van der Waals surface area contributed by atoms with Crippen LogP contribution in [0.3, 0.4) is 0 Å². The van der Waals surface area contributed by atoms with Crippen LogP contribution in [0.25, 0.3) is 6.08 Å². The summed E-state index contributed by atoms with van der Waals surface area (Å²) in [5, 5.41) is 8.83. The second kappa shape index (κ2) is 9.21. The van der Waals surface area contributed by atoms with Gasteiger partial charge in [-0.15, -0.1) is 0 Å². The first-order chi connectivity index (χ1) is 14.4. The van der Waals surface area contributed by atoms with Crippen LogP contribution in [-0.4, -0.2) is 62.3 Å². The lowest BCUT2D eigenvalue weighted by Crippen LogP contribution is -2.48. The fraction of sp³-hybridized carbons (Fsp3) is 0.273. The van der Waals surface area contributed by atoms with Crippen LogP contribution in [0.1, 0.15) is 15.9 Å². The van der Waals surface area contributed by atoms with Gasteiger partial charge in [0.05, 0.1) is 14.2 Å². The van der Waals surface area contributed by atoms with Gasteiger partial charge in [0.15, 0.2) is 11.5 Å². The molecule has 0 radical (unpaired) electrons. The number of carbonyl (C=O) groups excluding carboxylic acids is 1. The molecule has 8 heteroatoms. The summed E-state index contributed by atoms with van der Waals surface area (Å²) in [6.07, 6.45) is 2.55. The van der Waals surface area contributed by atoms with Crippen LogP contribution in [0.2, 0.25) is 0 Å². The van der Waals surface area contributed by atoms with Gasteiger partial charge in [-0.05, 0) is 48.0 Å². The Kier molecular flexibility index (Phi) is 6.46. The van der Waals surface area contributed by atoms with Crippen LogP contribution < -0.4 is 20.1 Å². The number of hydrogen-bond donors (Lipinski definition) is 2. The van der Waals surface area contributed by atoms with E-state index in [1.807, 2.05) is 12.1 Å². The van der Waals surface area contributed by atoms with E-state index in [9.17, 15) is 9.59 Å². The molecule has 1 amide bonds. The Bertz CT molecular complexity index is 965. The maximum absolute atomic E-state index is 12.9. The van der Waals surface area contributed by atoms with Crippen molar-refractivity contribution in [1.29, 1.82) is 0 Å². The van der Waals surface area contributed by atoms with Crippen molar-refractivity contribution in [2.45, 2.75) is 0 Å². The lowest BCUT2D eigenvalue weighted by atomic mass is 10.1. The number of carbonyl (C=O) groups is 2. The van der Waals surface area contributed by atoms with Gasteiger partial charge in [0, 0.05) is 49.2 Å². The molecule has 0 aromatic heterocycles.